The molecular formula is C10H14N2O2. The van der Waals surface area contributed by atoms with E-state index >= 15 is 0 Å². The van der Waals surface area contributed by atoms with Gasteiger partial charge in [0, 0.05) is 30.1 Å². The molecule has 1 aromatic heterocycles. The maximum atomic E-state index is 11.4. The largest absolute Gasteiger partial charge is 0.398 e. The second-order valence-corrected chi connectivity index (χ2v) is 3.14. The molecule has 0 amide bonds. The van der Waals surface area contributed by atoms with Crippen LogP contribution in [-0.2, 0) is 11.2 Å². The van der Waals surface area contributed by atoms with Crippen molar-refractivity contribution < 1.29 is 9.90 Å². The van der Waals surface area contributed by atoms with Crippen molar-refractivity contribution in [1.82, 2.24) is 4.98 Å². The minimum atomic E-state index is -0.894. The number of nitrogen functional groups attached to an aromatic ring is 1. The van der Waals surface area contributed by atoms with Crippen molar-refractivity contribution in [3.8, 4) is 0 Å². The first-order valence-corrected chi connectivity index (χ1v) is 4.54. The fourth-order valence-electron chi connectivity index (χ4n) is 1.12. The molecule has 0 aliphatic rings. The number of rotatable bonds is 4. The number of Topliss-reactive ketones (excluding diaryl/α,β-unsaturated/α-hetero) is 1. The summed E-state index contributed by atoms with van der Waals surface area (Å²) in [6, 6.07) is 1.64. The van der Waals surface area contributed by atoms with E-state index in [1.807, 2.05) is 0 Å². The fourth-order valence-corrected chi connectivity index (χ4v) is 1.12. The Labute approximate surface area is 82.8 Å². The summed E-state index contributed by atoms with van der Waals surface area (Å²) in [5, 5.41) is 9.27. The highest BCUT2D eigenvalue weighted by atomic mass is 16.3. The molecule has 1 heterocycles. The summed E-state index contributed by atoms with van der Waals surface area (Å²) in [4.78, 5) is 15.2. The van der Waals surface area contributed by atoms with E-state index in [1.165, 1.54) is 0 Å². The number of nitrogens with two attached hydrogens (primary N) is 1. The molecule has 1 aromatic rings. The number of aliphatic hydroxyl groups excluding tert-OH is 1. The third-order valence-corrected chi connectivity index (χ3v) is 2.06. The third-order valence-electron chi connectivity index (χ3n) is 2.06. The molecular weight excluding hydrogens is 180 g/mol. The summed E-state index contributed by atoms with van der Waals surface area (Å²) in [5.41, 5.74) is 6.85. The molecule has 1 unspecified atom stereocenters. The van der Waals surface area contributed by atoms with Gasteiger partial charge in [-0.3, -0.25) is 9.78 Å². The molecule has 0 bridgehead atoms. The van der Waals surface area contributed by atoms with Crippen molar-refractivity contribution in [1.29, 1.82) is 0 Å². The Kier molecular flexibility index (Phi) is 3.59. The highest BCUT2D eigenvalue weighted by molar-refractivity contribution is 5.85. The number of carbonyl (C=O) groups excluding carboxylic acids is 1. The zero-order chi connectivity index (χ0) is 10.6. The van der Waals surface area contributed by atoms with Crippen LogP contribution in [0, 0.1) is 0 Å². The molecule has 0 fully saturated rings. The normalized spacial score (nSPS) is 12.4. The minimum absolute atomic E-state index is 0.147. The van der Waals surface area contributed by atoms with Gasteiger partial charge >= 0.3 is 0 Å². The monoisotopic (exact) mass is 194 g/mol. The molecule has 1 rings (SSSR count). The maximum Gasteiger partial charge on any atom is 0.165 e. The molecule has 0 aliphatic heterocycles. The van der Waals surface area contributed by atoms with Crippen LogP contribution < -0.4 is 5.73 Å². The zero-order valence-corrected chi connectivity index (χ0v) is 8.10. The molecule has 1 atom stereocenters. The van der Waals surface area contributed by atoms with Crippen LogP contribution in [0.1, 0.15) is 18.9 Å². The molecule has 14 heavy (non-hydrogen) atoms. The molecule has 0 aromatic carbocycles. The smallest absolute Gasteiger partial charge is 0.165 e. The van der Waals surface area contributed by atoms with E-state index in [-0.39, 0.29) is 12.2 Å². The summed E-state index contributed by atoms with van der Waals surface area (Å²) >= 11 is 0. The maximum absolute atomic E-state index is 11.4. The van der Waals surface area contributed by atoms with E-state index in [0.29, 0.717) is 17.7 Å². The summed E-state index contributed by atoms with van der Waals surface area (Å²) in [7, 11) is 0. The molecule has 0 aliphatic carbocycles. The quantitative estimate of drug-likeness (QED) is 0.733. The fraction of sp³-hybridized carbons (Fsp3) is 0.400. The van der Waals surface area contributed by atoms with Gasteiger partial charge in [-0.15, -0.1) is 0 Å². The second kappa shape index (κ2) is 4.72. The van der Waals surface area contributed by atoms with E-state index in [2.05, 4.69) is 4.98 Å². The highest BCUT2D eigenvalue weighted by Gasteiger charge is 2.14. The summed E-state index contributed by atoms with van der Waals surface area (Å²) in [6.45, 7) is 1.76. The van der Waals surface area contributed by atoms with E-state index in [0.717, 1.165) is 0 Å². The zero-order valence-electron chi connectivity index (χ0n) is 8.10. The number of carbonyl (C=O) groups is 1. The van der Waals surface area contributed by atoms with Crippen molar-refractivity contribution in [2.24, 2.45) is 0 Å². The second-order valence-electron chi connectivity index (χ2n) is 3.14. The van der Waals surface area contributed by atoms with Gasteiger partial charge in [-0.2, -0.15) is 0 Å². The SMILES string of the molecule is CCC(O)C(=O)Cc1cnccc1N. The molecule has 0 radical (unpaired) electrons. The van der Waals surface area contributed by atoms with Crippen LogP contribution >= 0.6 is 0 Å². The average molecular weight is 194 g/mol. The van der Waals surface area contributed by atoms with Crippen LogP contribution in [0.2, 0.25) is 0 Å². The van der Waals surface area contributed by atoms with Gasteiger partial charge in [0.2, 0.25) is 0 Å². The van der Waals surface area contributed by atoms with Crippen molar-refractivity contribution in [2.75, 3.05) is 5.73 Å². The van der Waals surface area contributed by atoms with Gasteiger partial charge in [-0.05, 0) is 12.5 Å². The van der Waals surface area contributed by atoms with E-state index in [1.54, 1.807) is 25.4 Å². The lowest BCUT2D eigenvalue weighted by Crippen LogP contribution is -2.21. The van der Waals surface area contributed by atoms with Gasteiger partial charge in [0.05, 0.1) is 0 Å². The molecule has 4 heteroatoms. The Hall–Kier alpha value is -1.42. The summed E-state index contributed by atoms with van der Waals surface area (Å²) in [6.07, 6.45) is 2.80. The van der Waals surface area contributed by atoms with Gasteiger partial charge in [0.15, 0.2) is 5.78 Å². The molecule has 76 valence electrons. The first-order chi connectivity index (χ1) is 6.65. The van der Waals surface area contributed by atoms with Gasteiger partial charge in [0.25, 0.3) is 0 Å². The number of pyridine rings is 1. The lowest BCUT2D eigenvalue weighted by atomic mass is 10.0. The topological polar surface area (TPSA) is 76.2 Å². The summed E-state index contributed by atoms with van der Waals surface area (Å²) in [5.74, 6) is -0.216. The van der Waals surface area contributed by atoms with Crippen molar-refractivity contribution in [3.05, 3.63) is 24.0 Å². The predicted molar refractivity (Wildman–Crippen MR) is 53.7 cm³/mol. The molecule has 0 spiro atoms. The lowest BCUT2D eigenvalue weighted by molar-refractivity contribution is -0.126. The van der Waals surface area contributed by atoms with Crippen LogP contribution in [0.5, 0.6) is 0 Å². The Morgan fingerprint density at radius 2 is 2.43 bits per heavy atom. The Morgan fingerprint density at radius 3 is 3.00 bits per heavy atom. The lowest BCUT2D eigenvalue weighted by Gasteiger charge is -2.07. The molecule has 0 saturated heterocycles. The van der Waals surface area contributed by atoms with Crippen LogP contribution in [-0.4, -0.2) is 22.0 Å². The Morgan fingerprint density at radius 1 is 1.71 bits per heavy atom. The van der Waals surface area contributed by atoms with Crippen molar-refractivity contribution >= 4 is 11.5 Å². The Bertz CT molecular complexity index is 326. The number of aliphatic hydroxyl groups is 1. The molecule has 4 nitrogen and oxygen atoms in total. The number of aromatic nitrogens is 1. The molecule has 3 N–H and O–H groups in total. The van der Waals surface area contributed by atoms with Crippen molar-refractivity contribution in [3.63, 3.8) is 0 Å². The number of ketones is 1. The first-order valence-electron chi connectivity index (χ1n) is 4.54. The average Bonchev–Trinajstić information content (AvgIpc) is 2.20. The third kappa shape index (κ3) is 2.53. The first kappa shape index (κ1) is 10.7. The number of anilines is 1. The van der Waals surface area contributed by atoms with E-state index < -0.39 is 6.10 Å². The van der Waals surface area contributed by atoms with Gasteiger partial charge in [-0.1, -0.05) is 6.92 Å². The van der Waals surface area contributed by atoms with Crippen molar-refractivity contribution in [2.45, 2.75) is 25.9 Å². The molecule has 0 saturated carbocycles. The summed E-state index contributed by atoms with van der Waals surface area (Å²) < 4.78 is 0. The number of nitrogens with zero attached hydrogens (tertiary/aromatic N) is 1. The van der Waals surface area contributed by atoms with Gasteiger partial charge < -0.3 is 10.8 Å². The standard InChI is InChI=1S/C10H14N2O2/c1-2-9(13)10(14)5-7-6-12-4-3-8(7)11/h3-4,6,9,13H,2,5H2,1H3,(H2,11,12). The van der Waals surface area contributed by atoms with Crippen LogP contribution in [0.25, 0.3) is 0 Å². The van der Waals surface area contributed by atoms with Crippen LogP contribution in [0.4, 0.5) is 5.69 Å². The van der Waals surface area contributed by atoms with Gasteiger partial charge in [0.1, 0.15) is 6.10 Å². The number of hydrogen-bond acceptors (Lipinski definition) is 4. The van der Waals surface area contributed by atoms with E-state index in [9.17, 15) is 9.90 Å². The van der Waals surface area contributed by atoms with E-state index in [4.69, 9.17) is 5.73 Å². The van der Waals surface area contributed by atoms with Crippen LogP contribution in [0.15, 0.2) is 18.5 Å². The Balaban J connectivity index is 2.70. The minimum Gasteiger partial charge on any atom is -0.398 e. The number of hydrogen-bond donors (Lipinski definition) is 2. The van der Waals surface area contributed by atoms with Gasteiger partial charge in [-0.25, -0.2) is 0 Å². The predicted octanol–water partition coefficient (Wildman–Crippen LogP) is 0.546. The highest BCUT2D eigenvalue weighted by Crippen LogP contribution is 2.11. The van der Waals surface area contributed by atoms with Crippen LogP contribution in [0.3, 0.4) is 0 Å².